The van der Waals surface area contributed by atoms with Crippen LogP contribution in [0.25, 0.3) is 0 Å². The predicted octanol–water partition coefficient (Wildman–Crippen LogP) is 2.46. The summed E-state index contributed by atoms with van der Waals surface area (Å²) in [6.45, 7) is 6.55. The Bertz CT molecular complexity index is 650. The number of ether oxygens (including phenoxy) is 2. The van der Waals surface area contributed by atoms with E-state index in [1.807, 2.05) is 37.3 Å². The third kappa shape index (κ3) is 3.78. The van der Waals surface area contributed by atoms with Crippen LogP contribution >= 0.6 is 14.7 Å². The predicted molar refractivity (Wildman–Crippen MR) is 118 cm³/mol. The summed E-state index contributed by atoms with van der Waals surface area (Å²) in [6, 6.07) is 9.92. The van der Waals surface area contributed by atoms with E-state index in [2.05, 4.69) is 0 Å². The smallest absolute Gasteiger partial charge is 0.412 e. The lowest BCUT2D eigenvalue weighted by molar-refractivity contribution is -0.227. The second kappa shape index (κ2) is 9.73. The zero-order chi connectivity index (χ0) is 19.4. The molecule has 1 fully saturated rings. The average Bonchev–Trinajstić information content (AvgIpc) is 2.82. The Morgan fingerprint density at radius 2 is 1.73 bits per heavy atom. The molecule has 4 unspecified atom stereocenters. The fourth-order valence-corrected chi connectivity index (χ4v) is 11.4. The van der Waals surface area contributed by atoms with E-state index in [9.17, 15) is 9.35 Å². The van der Waals surface area contributed by atoms with Gasteiger partial charge in [-0.25, -0.2) is 4.79 Å². The Morgan fingerprint density at radius 1 is 1.19 bits per heavy atom. The summed E-state index contributed by atoms with van der Waals surface area (Å²) in [5.74, 6) is -1.54. The maximum absolute atomic E-state index is 13.0. The van der Waals surface area contributed by atoms with Crippen LogP contribution < -0.4 is 0 Å². The first-order valence-corrected chi connectivity index (χ1v) is 14.5. The van der Waals surface area contributed by atoms with Crippen LogP contribution in [0.4, 0.5) is 0 Å². The SMILES string of the molecule is CCOC1(OCC)C(=O)[S+]([O-])N(CC(C)c2ccccc2)C1([PH2]=S)[PH2]=S. The number of rotatable bonds is 9. The second-order valence-corrected chi connectivity index (χ2v) is 11.6. The molecule has 4 atom stereocenters. The van der Waals surface area contributed by atoms with E-state index < -0.39 is 42.0 Å². The number of carbonyl (C=O) groups excluding carboxylic acids is 1. The van der Waals surface area contributed by atoms with Crippen LogP contribution in [0, 0.1) is 0 Å². The van der Waals surface area contributed by atoms with Crippen molar-refractivity contribution in [1.29, 1.82) is 0 Å². The van der Waals surface area contributed by atoms with Gasteiger partial charge in [-0.2, -0.15) is 0 Å². The Morgan fingerprint density at radius 3 is 2.19 bits per heavy atom. The molecule has 0 spiro atoms. The van der Waals surface area contributed by atoms with E-state index in [1.54, 1.807) is 18.2 Å². The largest absolute Gasteiger partial charge is 0.590 e. The van der Waals surface area contributed by atoms with Gasteiger partial charge in [0.15, 0.2) is 5.02 Å². The van der Waals surface area contributed by atoms with Crippen molar-refractivity contribution in [2.45, 2.75) is 37.5 Å². The molecule has 1 aromatic rings. The van der Waals surface area contributed by atoms with Crippen molar-refractivity contribution in [3.8, 4) is 0 Å². The van der Waals surface area contributed by atoms with Gasteiger partial charge >= 0.3 is 10.9 Å². The normalized spacial score (nSPS) is 27.8. The van der Waals surface area contributed by atoms with Crippen molar-refractivity contribution in [2.75, 3.05) is 19.8 Å². The molecule has 5 nitrogen and oxygen atoms in total. The number of hydrogen-bond acceptors (Lipinski definition) is 7. The highest BCUT2D eigenvalue weighted by Gasteiger charge is 2.74. The lowest BCUT2D eigenvalue weighted by atomic mass is 10.0. The lowest BCUT2D eigenvalue weighted by Gasteiger charge is -2.38. The Labute approximate surface area is 170 Å². The molecule has 0 radical (unpaired) electrons. The van der Waals surface area contributed by atoms with Crippen LogP contribution in [-0.4, -0.2) is 44.5 Å². The molecule has 0 saturated carbocycles. The van der Waals surface area contributed by atoms with E-state index in [1.165, 1.54) is 0 Å². The summed E-state index contributed by atoms with van der Waals surface area (Å²) in [5.41, 5.74) is 1.11. The summed E-state index contributed by atoms with van der Waals surface area (Å²) in [7, 11) is -1.48. The zero-order valence-electron chi connectivity index (χ0n) is 15.0. The first kappa shape index (κ1) is 22.7. The Kier molecular flexibility index (Phi) is 8.48. The molecule has 0 N–H and O–H groups in total. The third-order valence-electron chi connectivity index (χ3n) is 4.43. The highest BCUT2D eigenvalue weighted by atomic mass is 32.4. The summed E-state index contributed by atoms with van der Waals surface area (Å²) >= 11 is 9.12. The first-order valence-electron chi connectivity index (χ1n) is 8.43. The van der Waals surface area contributed by atoms with Gasteiger partial charge in [-0.05, 0) is 40.0 Å². The third-order valence-corrected chi connectivity index (χ3v) is 12.9. The molecule has 0 aliphatic carbocycles. The minimum Gasteiger partial charge on any atom is -0.590 e. The average molecular weight is 454 g/mol. The Hall–Kier alpha value is 0.380. The van der Waals surface area contributed by atoms with Crippen molar-refractivity contribution in [2.24, 2.45) is 0 Å². The van der Waals surface area contributed by atoms with Gasteiger partial charge in [0.05, 0.1) is 6.54 Å². The molecule has 1 saturated heterocycles. The standard InChI is InChI=1S/C16H25NO4P2S3/c1-4-20-15(21-5-2)14(18)26(19)17(16(15,22-24)23-25)11-12(3)13-9-7-6-8-10-13/h6-10,12H,4-5,11,22-23H2,1-3H3. The fraction of sp³-hybridized carbons (Fsp3) is 0.562. The second-order valence-electron chi connectivity index (χ2n) is 5.95. The minimum absolute atomic E-state index is 0.0632. The molecule has 0 aromatic heterocycles. The van der Waals surface area contributed by atoms with Gasteiger partial charge in [0.25, 0.3) is 0 Å². The van der Waals surface area contributed by atoms with Crippen molar-refractivity contribution < 1.29 is 18.8 Å². The number of carbonyl (C=O) groups is 1. The number of hydrogen-bond donors (Lipinski definition) is 0. The molecular formula is C16H25NO4P2S3. The minimum atomic E-state index is -1.89. The Balaban J connectivity index is 2.49. The molecule has 0 bridgehead atoms. The van der Waals surface area contributed by atoms with Crippen LogP contribution in [0.5, 0.6) is 0 Å². The molecule has 2 rings (SSSR count). The van der Waals surface area contributed by atoms with Crippen LogP contribution in [0.2, 0.25) is 0 Å². The van der Waals surface area contributed by atoms with Crippen molar-refractivity contribution in [3.05, 3.63) is 35.9 Å². The maximum atomic E-state index is 13.0. The topological polar surface area (TPSA) is 61.8 Å². The summed E-state index contributed by atoms with van der Waals surface area (Å²) in [6.07, 6.45) is 0. The summed E-state index contributed by atoms with van der Waals surface area (Å²) < 4.78 is 26.4. The monoisotopic (exact) mass is 453 g/mol. The van der Waals surface area contributed by atoms with Gasteiger partial charge < -0.3 is 14.0 Å². The molecule has 146 valence electrons. The van der Waals surface area contributed by atoms with Crippen LogP contribution in [0.3, 0.4) is 0 Å². The van der Waals surface area contributed by atoms with E-state index in [4.69, 9.17) is 33.1 Å². The van der Waals surface area contributed by atoms with Crippen molar-refractivity contribution >= 4 is 54.8 Å². The first-order chi connectivity index (χ1) is 12.4. The molecule has 1 heterocycles. The highest BCUT2D eigenvalue weighted by molar-refractivity contribution is 8.09. The van der Waals surface area contributed by atoms with Crippen molar-refractivity contribution in [1.82, 2.24) is 4.31 Å². The molecular weight excluding hydrogens is 428 g/mol. The van der Waals surface area contributed by atoms with Crippen LogP contribution in [-0.2, 0) is 49.2 Å². The molecule has 1 aromatic carbocycles. The number of benzene rings is 1. The van der Waals surface area contributed by atoms with Crippen molar-refractivity contribution in [3.63, 3.8) is 0 Å². The molecule has 1 aliphatic heterocycles. The van der Waals surface area contributed by atoms with Gasteiger partial charge in [0.1, 0.15) is 11.4 Å². The van der Waals surface area contributed by atoms with E-state index in [-0.39, 0.29) is 19.1 Å². The van der Waals surface area contributed by atoms with Crippen LogP contribution in [0.15, 0.2) is 30.3 Å². The highest BCUT2D eigenvalue weighted by Crippen LogP contribution is 2.57. The lowest BCUT2D eigenvalue weighted by Crippen LogP contribution is -2.56. The molecule has 26 heavy (non-hydrogen) atoms. The van der Waals surface area contributed by atoms with Gasteiger partial charge in [-0.15, -0.1) is 23.6 Å². The van der Waals surface area contributed by atoms with Gasteiger partial charge in [0, 0.05) is 13.2 Å². The van der Waals surface area contributed by atoms with E-state index >= 15 is 0 Å². The van der Waals surface area contributed by atoms with Gasteiger partial charge in [-0.1, -0.05) is 41.6 Å². The zero-order valence-corrected chi connectivity index (χ0v) is 19.8. The van der Waals surface area contributed by atoms with Gasteiger partial charge in [-0.3, -0.25) is 0 Å². The molecule has 1 aliphatic rings. The quantitative estimate of drug-likeness (QED) is 0.323. The maximum Gasteiger partial charge on any atom is 0.412 e. The van der Waals surface area contributed by atoms with Crippen LogP contribution in [0.1, 0.15) is 32.3 Å². The summed E-state index contributed by atoms with van der Waals surface area (Å²) in [5, 5.41) is -1.51. The molecule has 0 amide bonds. The van der Waals surface area contributed by atoms with E-state index in [0.29, 0.717) is 6.54 Å². The molecule has 10 heteroatoms. The van der Waals surface area contributed by atoms with Gasteiger partial charge in [0.2, 0.25) is 0 Å². The summed E-state index contributed by atoms with van der Waals surface area (Å²) in [4.78, 5) is 13.0. The van der Waals surface area contributed by atoms with E-state index in [0.717, 1.165) is 5.56 Å². The fourth-order valence-electron chi connectivity index (χ4n) is 3.13. The number of nitrogens with zero attached hydrogens (tertiary/aromatic N) is 1.